The normalized spacial score (nSPS) is 12.1. The quantitative estimate of drug-likeness (QED) is 0.442. The molecule has 0 radical (unpaired) electrons. The average molecular weight is 442 g/mol. The number of hydrogen-bond donors (Lipinski definition) is 2. The van der Waals surface area contributed by atoms with E-state index in [9.17, 15) is 13.5 Å². The fourth-order valence-electron chi connectivity index (χ4n) is 3.03. The molecule has 0 saturated heterocycles. The van der Waals surface area contributed by atoms with E-state index in [4.69, 9.17) is 16.7 Å². The van der Waals surface area contributed by atoms with Crippen molar-refractivity contribution in [1.82, 2.24) is 9.55 Å². The monoisotopic (exact) mass is 441 g/mol. The van der Waals surface area contributed by atoms with Crippen molar-refractivity contribution in [3.05, 3.63) is 77.4 Å². The molecule has 0 saturated carbocycles. The van der Waals surface area contributed by atoms with E-state index >= 15 is 0 Å². The van der Waals surface area contributed by atoms with Gasteiger partial charge in [-0.25, -0.2) is 18.5 Å². The fraction of sp³-hybridized carbons (Fsp3) is 0.0500. The lowest BCUT2D eigenvalue weighted by atomic mass is 10.2. The molecule has 0 aliphatic rings. The van der Waals surface area contributed by atoms with Crippen molar-refractivity contribution in [3.8, 4) is 5.88 Å². The third-order valence-corrected chi connectivity index (χ3v) is 5.77. The molecule has 0 atom stereocenters. The first-order valence-corrected chi connectivity index (χ1v) is 10.7. The zero-order valence-electron chi connectivity index (χ0n) is 15.5. The van der Waals surface area contributed by atoms with E-state index in [0.29, 0.717) is 17.0 Å². The molecule has 0 unspecified atom stereocenters. The second kappa shape index (κ2) is 7.86. The van der Waals surface area contributed by atoms with Crippen LogP contribution >= 0.6 is 11.6 Å². The van der Waals surface area contributed by atoms with Crippen molar-refractivity contribution in [2.45, 2.75) is 11.4 Å². The second-order valence-corrected chi connectivity index (χ2v) is 8.43. The van der Waals surface area contributed by atoms with E-state index in [1.54, 1.807) is 10.6 Å². The molecule has 30 heavy (non-hydrogen) atoms. The molecule has 0 fully saturated rings. The van der Waals surface area contributed by atoms with Crippen LogP contribution in [0, 0.1) is 0 Å². The first-order valence-electron chi connectivity index (χ1n) is 8.79. The summed E-state index contributed by atoms with van der Waals surface area (Å²) in [6.45, 7) is 0.350. The Bertz CT molecular complexity index is 1370. The molecule has 2 heterocycles. The first-order chi connectivity index (χ1) is 14.3. The predicted octanol–water partition coefficient (Wildman–Crippen LogP) is 4.51. The van der Waals surface area contributed by atoms with Crippen LogP contribution < -0.4 is 5.14 Å². The average Bonchev–Trinajstić information content (AvgIpc) is 2.99. The Morgan fingerprint density at radius 3 is 2.47 bits per heavy atom. The summed E-state index contributed by atoms with van der Waals surface area (Å²) in [5.74, 6) is 0.103. The van der Waals surface area contributed by atoms with E-state index in [-0.39, 0.29) is 22.3 Å². The number of azo groups is 1. The summed E-state index contributed by atoms with van der Waals surface area (Å²) in [4.78, 5) is 3.81. The molecule has 2 aromatic heterocycles. The van der Waals surface area contributed by atoms with E-state index in [1.165, 1.54) is 12.1 Å². The molecule has 0 aliphatic heterocycles. The number of nitrogens with two attached hydrogens (primary N) is 1. The van der Waals surface area contributed by atoms with E-state index in [2.05, 4.69) is 15.2 Å². The van der Waals surface area contributed by atoms with Gasteiger partial charge in [-0.05, 0) is 29.8 Å². The van der Waals surface area contributed by atoms with E-state index < -0.39 is 10.0 Å². The number of fused-ring (bicyclic) bond motifs is 1. The largest absolute Gasteiger partial charge is 0.493 e. The predicted molar refractivity (Wildman–Crippen MR) is 114 cm³/mol. The van der Waals surface area contributed by atoms with Gasteiger partial charge in [-0.2, -0.15) is 0 Å². The summed E-state index contributed by atoms with van der Waals surface area (Å²) in [6, 6.07) is 17.4. The van der Waals surface area contributed by atoms with Gasteiger partial charge in [0.1, 0.15) is 4.90 Å². The summed E-state index contributed by atoms with van der Waals surface area (Å²) >= 11 is 6.27. The maximum absolute atomic E-state index is 11.3. The van der Waals surface area contributed by atoms with Crippen LogP contribution in [0.15, 0.2) is 82.0 Å². The van der Waals surface area contributed by atoms with Gasteiger partial charge in [-0.1, -0.05) is 48.0 Å². The van der Waals surface area contributed by atoms with Gasteiger partial charge >= 0.3 is 0 Å². The molecule has 0 spiro atoms. The minimum absolute atomic E-state index is 0.0685. The Kier molecular flexibility index (Phi) is 5.25. The van der Waals surface area contributed by atoms with Gasteiger partial charge in [0.05, 0.1) is 12.1 Å². The highest BCUT2D eigenvalue weighted by atomic mass is 35.5. The van der Waals surface area contributed by atoms with Crippen molar-refractivity contribution in [1.29, 1.82) is 0 Å². The Morgan fingerprint density at radius 2 is 1.77 bits per heavy atom. The number of aromatic hydroxyl groups is 1. The van der Waals surface area contributed by atoms with Gasteiger partial charge in [0, 0.05) is 16.6 Å². The second-order valence-electron chi connectivity index (χ2n) is 6.46. The molecule has 0 amide bonds. The number of aromatic nitrogens is 2. The Hall–Kier alpha value is -3.27. The zero-order chi connectivity index (χ0) is 21.3. The third kappa shape index (κ3) is 3.90. The van der Waals surface area contributed by atoms with Crippen LogP contribution in [0.5, 0.6) is 5.88 Å². The van der Waals surface area contributed by atoms with Gasteiger partial charge in [0.15, 0.2) is 11.5 Å². The lowest BCUT2D eigenvalue weighted by Crippen LogP contribution is -2.11. The minimum atomic E-state index is -3.84. The Morgan fingerprint density at radius 1 is 1.03 bits per heavy atom. The number of nitrogens with zero attached hydrogens (tertiary/aromatic N) is 4. The highest BCUT2D eigenvalue weighted by Crippen LogP contribution is 2.40. The molecular formula is C20H16ClN5O3S. The van der Waals surface area contributed by atoms with Crippen molar-refractivity contribution in [2.24, 2.45) is 15.4 Å². The zero-order valence-corrected chi connectivity index (χ0v) is 17.0. The van der Waals surface area contributed by atoms with Crippen LogP contribution in [-0.2, 0) is 16.6 Å². The van der Waals surface area contributed by atoms with Crippen LogP contribution in [0.3, 0.4) is 0 Å². The minimum Gasteiger partial charge on any atom is -0.493 e. The van der Waals surface area contributed by atoms with Crippen molar-refractivity contribution in [2.75, 3.05) is 0 Å². The standard InChI is InChI=1S/C20H16ClN5O3S/c21-16-7-3-1-5-13(16)12-26-17-8-4-2-6-15(17)19(20(26)27)25-24-18-10-9-14(11-23-18)30(22,28)29/h1-11,27H,12H2,(H2,22,28,29). The molecule has 10 heteroatoms. The van der Waals surface area contributed by atoms with Crippen molar-refractivity contribution >= 4 is 44.0 Å². The highest BCUT2D eigenvalue weighted by Gasteiger charge is 2.17. The number of para-hydroxylation sites is 1. The molecule has 152 valence electrons. The molecule has 2 aromatic carbocycles. The molecule has 4 aromatic rings. The SMILES string of the molecule is NS(=O)(=O)c1ccc(N=Nc2c(O)n(Cc3ccccc3Cl)c3ccccc23)nc1. The van der Waals surface area contributed by atoms with Crippen molar-refractivity contribution < 1.29 is 13.5 Å². The Labute approximate surface area is 177 Å². The lowest BCUT2D eigenvalue weighted by Gasteiger charge is -2.08. The maximum atomic E-state index is 11.3. The first kappa shape index (κ1) is 20.0. The summed E-state index contributed by atoms with van der Waals surface area (Å²) < 4.78 is 24.4. The summed E-state index contributed by atoms with van der Waals surface area (Å²) in [6.07, 6.45) is 1.10. The van der Waals surface area contributed by atoms with Crippen molar-refractivity contribution in [3.63, 3.8) is 0 Å². The van der Waals surface area contributed by atoms with Gasteiger partial charge in [-0.3, -0.25) is 0 Å². The number of rotatable bonds is 5. The number of hydrogen-bond acceptors (Lipinski definition) is 6. The number of sulfonamides is 1. The van der Waals surface area contributed by atoms with Crippen LogP contribution in [-0.4, -0.2) is 23.1 Å². The lowest BCUT2D eigenvalue weighted by molar-refractivity contribution is 0.429. The molecule has 0 bridgehead atoms. The topological polar surface area (TPSA) is 123 Å². The van der Waals surface area contributed by atoms with Crippen LogP contribution in [0.2, 0.25) is 5.02 Å². The smallest absolute Gasteiger partial charge is 0.239 e. The molecule has 3 N–H and O–H groups in total. The number of primary sulfonamides is 1. The van der Waals surface area contributed by atoms with Gasteiger partial charge in [-0.15, -0.1) is 10.2 Å². The fourth-order valence-corrected chi connectivity index (χ4v) is 3.68. The van der Waals surface area contributed by atoms with Gasteiger partial charge in [0.25, 0.3) is 0 Å². The van der Waals surface area contributed by atoms with Gasteiger partial charge < -0.3 is 9.67 Å². The summed E-state index contributed by atoms with van der Waals surface area (Å²) in [5.41, 5.74) is 1.88. The molecule has 8 nitrogen and oxygen atoms in total. The molecule has 4 rings (SSSR count). The third-order valence-electron chi connectivity index (χ3n) is 4.51. The van der Waals surface area contributed by atoms with Crippen LogP contribution in [0.1, 0.15) is 5.56 Å². The molecular weight excluding hydrogens is 426 g/mol. The van der Waals surface area contributed by atoms with Gasteiger partial charge in [0.2, 0.25) is 15.9 Å². The van der Waals surface area contributed by atoms with Crippen LogP contribution in [0.4, 0.5) is 11.5 Å². The number of halogens is 1. The Balaban J connectivity index is 1.74. The number of pyridine rings is 1. The van der Waals surface area contributed by atoms with E-state index in [0.717, 1.165) is 17.3 Å². The maximum Gasteiger partial charge on any atom is 0.239 e. The van der Waals surface area contributed by atoms with E-state index in [1.807, 2.05) is 42.5 Å². The van der Waals surface area contributed by atoms with Crippen LogP contribution in [0.25, 0.3) is 10.9 Å². The summed E-state index contributed by atoms with van der Waals surface area (Å²) in [5, 5.41) is 25.4. The highest BCUT2D eigenvalue weighted by molar-refractivity contribution is 7.89. The number of benzene rings is 2. The molecule has 0 aliphatic carbocycles. The summed E-state index contributed by atoms with van der Waals surface area (Å²) in [7, 11) is -3.84.